The largest absolute Gasteiger partial charge is 0.450 e. The van der Waals surface area contributed by atoms with E-state index in [0.29, 0.717) is 35.1 Å². The van der Waals surface area contributed by atoms with Crippen molar-refractivity contribution in [1.29, 1.82) is 0 Å². The van der Waals surface area contributed by atoms with Crippen LogP contribution in [-0.4, -0.2) is 28.7 Å². The highest BCUT2D eigenvalue weighted by Crippen LogP contribution is 2.44. The Balaban J connectivity index is 1.87. The first-order chi connectivity index (χ1) is 17.2. The zero-order valence-corrected chi connectivity index (χ0v) is 23.4. The van der Waals surface area contributed by atoms with E-state index in [0.717, 1.165) is 11.1 Å². The Morgan fingerprint density at radius 2 is 1.67 bits per heavy atom. The van der Waals surface area contributed by atoms with Crippen LogP contribution in [0.25, 0.3) is 11.1 Å². The molecule has 2 N–H and O–H groups in total. The predicted molar refractivity (Wildman–Crippen MR) is 146 cm³/mol. The maximum absolute atomic E-state index is 13.3. The summed E-state index contributed by atoms with van der Waals surface area (Å²) >= 11 is 6.59. The van der Waals surface area contributed by atoms with Gasteiger partial charge < -0.3 is 4.74 Å². The van der Waals surface area contributed by atoms with E-state index in [2.05, 4.69) is 42.0 Å². The van der Waals surface area contributed by atoms with Gasteiger partial charge >= 0.3 is 13.4 Å². The highest BCUT2D eigenvalue weighted by atomic mass is 79.9. The molecule has 0 aromatic heterocycles. The lowest BCUT2D eigenvalue weighted by Crippen LogP contribution is -2.27. The molecule has 0 aliphatic heterocycles. The summed E-state index contributed by atoms with van der Waals surface area (Å²) in [7, 11) is -3.39. The Morgan fingerprint density at radius 3 is 2.28 bits per heavy atom. The summed E-state index contributed by atoms with van der Waals surface area (Å²) in [5.41, 5.74) is 1.86. The van der Waals surface area contributed by atoms with Crippen molar-refractivity contribution in [3.63, 3.8) is 0 Å². The number of rotatable bonds is 13. The standard InChI is InChI=1S/C24H25Br2FN3O5P/c1-17(35-36(33,28-13-11-25)29-14-12-26)19-7-10-23(30(31)32)24(16-19)34-22-4-2-3-20(15-22)18-5-8-21(27)9-6-18/h2-10,15-17H,11-14H2,1H3,(H2,28,29,33). The molecule has 0 spiro atoms. The van der Waals surface area contributed by atoms with Crippen molar-refractivity contribution in [3.05, 3.63) is 88.2 Å². The fourth-order valence-electron chi connectivity index (χ4n) is 3.32. The average Bonchev–Trinajstić information content (AvgIpc) is 2.87. The molecule has 0 saturated carbocycles. The number of nitrogens with one attached hydrogen (secondary N) is 2. The van der Waals surface area contributed by atoms with E-state index >= 15 is 0 Å². The molecule has 3 aromatic carbocycles. The summed E-state index contributed by atoms with van der Waals surface area (Å²) in [6.45, 7) is 2.54. The molecule has 3 aromatic rings. The molecular formula is C24H25Br2FN3O5P. The smallest absolute Gasteiger partial charge is 0.341 e. The lowest BCUT2D eigenvalue weighted by molar-refractivity contribution is -0.385. The molecule has 0 aliphatic carbocycles. The molecule has 3 rings (SSSR count). The number of nitrogens with zero attached hydrogens (tertiary/aromatic N) is 1. The molecule has 0 aliphatic rings. The minimum Gasteiger partial charge on any atom is -0.450 e. The van der Waals surface area contributed by atoms with Crippen molar-refractivity contribution in [3.8, 4) is 22.6 Å². The Bertz CT molecular complexity index is 1220. The summed E-state index contributed by atoms with van der Waals surface area (Å²) in [6, 6.07) is 17.3. The minimum atomic E-state index is -3.39. The van der Waals surface area contributed by atoms with Crippen molar-refractivity contribution in [2.75, 3.05) is 23.7 Å². The van der Waals surface area contributed by atoms with Crippen LogP contribution in [0.2, 0.25) is 0 Å². The molecule has 0 amide bonds. The number of hydrogen-bond acceptors (Lipinski definition) is 5. The van der Waals surface area contributed by atoms with Crippen LogP contribution in [0.3, 0.4) is 0 Å². The first kappa shape index (κ1) is 28.4. The van der Waals surface area contributed by atoms with Crippen molar-refractivity contribution in [1.82, 2.24) is 10.2 Å². The van der Waals surface area contributed by atoms with Gasteiger partial charge in [-0.25, -0.2) is 14.6 Å². The van der Waals surface area contributed by atoms with Gasteiger partial charge in [0, 0.05) is 29.8 Å². The third-order valence-corrected chi connectivity index (χ3v) is 7.71. The number of benzene rings is 3. The maximum atomic E-state index is 13.3. The van der Waals surface area contributed by atoms with E-state index in [1.165, 1.54) is 24.3 Å². The van der Waals surface area contributed by atoms with Crippen molar-refractivity contribution in [2.45, 2.75) is 13.0 Å². The molecule has 0 bridgehead atoms. The first-order valence-corrected chi connectivity index (χ1v) is 14.8. The molecule has 0 radical (unpaired) electrons. The van der Waals surface area contributed by atoms with Gasteiger partial charge in [-0.05, 0) is 60.0 Å². The van der Waals surface area contributed by atoms with Crippen LogP contribution in [0.1, 0.15) is 18.6 Å². The van der Waals surface area contributed by atoms with Gasteiger partial charge in [0.1, 0.15) is 11.6 Å². The van der Waals surface area contributed by atoms with E-state index < -0.39 is 18.7 Å². The van der Waals surface area contributed by atoms with Crippen LogP contribution in [0.4, 0.5) is 10.1 Å². The Morgan fingerprint density at radius 1 is 1.00 bits per heavy atom. The summed E-state index contributed by atoms with van der Waals surface area (Å²) < 4.78 is 38.3. The highest BCUT2D eigenvalue weighted by molar-refractivity contribution is 9.09. The van der Waals surface area contributed by atoms with Crippen molar-refractivity contribution < 1.29 is 23.1 Å². The van der Waals surface area contributed by atoms with Gasteiger partial charge in [-0.2, -0.15) is 0 Å². The second kappa shape index (κ2) is 13.4. The van der Waals surface area contributed by atoms with Gasteiger partial charge in [0.2, 0.25) is 5.75 Å². The quantitative estimate of drug-likeness (QED) is 0.0868. The average molecular weight is 645 g/mol. The second-order valence-electron chi connectivity index (χ2n) is 7.61. The molecule has 12 heteroatoms. The zero-order valence-electron chi connectivity index (χ0n) is 19.3. The Hall–Kier alpha value is -2.14. The van der Waals surface area contributed by atoms with Gasteiger partial charge in [-0.15, -0.1) is 0 Å². The summed E-state index contributed by atoms with van der Waals surface area (Å²) in [4.78, 5) is 11.1. The van der Waals surface area contributed by atoms with Crippen LogP contribution in [-0.2, 0) is 9.09 Å². The fourth-order valence-corrected chi connectivity index (χ4v) is 5.97. The predicted octanol–water partition coefficient (Wildman–Crippen LogP) is 7.35. The van der Waals surface area contributed by atoms with Crippen molar-refractivity contribution in [2.24, 2.45) is 0 Å². The molecule has 192 valence electrons. The molecule has 0 heterocycles. The third-order valence-electron chi connectivity index (χ3n) is 5.02. The molecular weight excluding hydrogens is 620 g/mol. The lowest BCUT2D eigenvalue weighted by Gasteiger charge is -2.24. The van der Waals surface area contributed by atoms with Gasteiger partial charge in [-0.3, -0.25) is 19.2 Å². The molecule has 1 unspecified atom stereocenters. The second-order valence-corrected chi connectivity index (χ2v) is 11.1. The van der Waals surface area contributed by atoms with Gasteiger partial charge in [0.25, 0.3) is 0 Å². The fraction of sp³-hybridized carbons (Fsp3) is 0.250. The van der Waals surface area contributed by atoms with E-state index in [4.69, 9.17) is 9.26 Å². The van der Waals surface area contributed by atoms with Gasteiger partial charge in [0.15, 0.2) is 0 Å². The van der Waals surface area contributed by atoms with Crippen LogP contribution < -0.4 is 14.9 Å². The SMILES string of the molecule is CC(OP(=O)(NCCBr)NCCBr)c1ccc([N+](=O)[O-])c(Oc2cccc(-c3ccc(F)cc3)c2)c1. The monoisotopic (exact) mass is 643 g/mol. The van der Waals surface area contributed by atoms with E-state index in [1.807, 2.05) is 6.07 Å². The number of nitro benzene ring substituents is 1. The zero-order chi connectivity index (χ0) is 26.1. The van der Waals surface area contributed by atoms with Crippen LogP contribution in [0.15, 0.2) is 66.7 Å². The summed E-state index contributed by atoms with van der Waals surface area (Å²) in [5.74, 6) is 0.0411. The highest BCUT2D eigenvalue weighted by Gasteiger charge is 2.27. The van der Waals surface area contributed by atoms with Crippen LogP contribution in [0, 0.1) is 15.9 Å². The Kier molecular flexibility index (Phi) is 10.6. The third kappa shape index (κ3) is 7.93. The first-order valence-electron chi connectivity index (χ1n) is 11.0. The van der Waals surface area contributed by atoms with E-state index in [1.54, 1.807) is 43.3 Å². The normalized spacial score (nSPS) is 12.3. The topological polar surface area (TPSA) is 103 Å². The molecule has 1 atom stereocenters. The molecule has 8 nitrogen and oxygen atoms in total. The number of nitro groups is 1. The molecule has 0 fully saturated rings. The number of ether oxygens (including phenoxy) is 1. The number of hydrogen-bond donors (Lipinski definition) is 2. The van der Waals surface area contributed by atoms with Crippen molar-refractivity contribution >= 4 is 45.2 Å². The van der Waals surface area contributed by atoms with Crippen LogP contribution >= 0.6 is 39.5 Å². The number of alkyl halides is 2. The Labute approximate surface area is 225 Å². The van der Waals surface area contributed by atoms with Gasteiger partial charge in [-0.1, -0.05) is 56.1 Å². The maximum Gasteiger partial charge on any atom is 0.341 e. The minimum absolute atomic E-state index is 0.0147. The summed E-state index contributed by atoms with van der Waals surface area (Å²) in [5, 5.41) is 18.6. The molecule has 36 heavy (non-hydrogen) atoms. The van der Waals surface area contributed by atoms with Gasteiger partial charge in [0.05, 0.1) is 11.0 Å². The van der Waals surface area contributed by atoms with E-state index in [9.17, 15) is 19.1 Å². The molecule has 0 saturated heterocycles. The summed E-state index contributed by atoms with van der Waals surface area (Å²) in [6.07, 6.45) is -0.671. The van der Waals surface area contributed by atoms with E-state index in [-0.39, 0.29) is 17.3 Å². The number of halogens is 3. The lowest BCUT2D eigenvalue weighted by atomic mass is 10.1. The van der Waals surface area contributed by atoms with Crippen LogP contribution in [0.5, 0.6) is 11.5 Å².